The highest BCUT2D eigenvalue weighted by atomic mass is 19.1. The van der Waals surface area contributed by atoms with E-state index < -0.39 is 5.95 Å². The predicted octanol–water partition coefficient (Wildman–Crippen LogP) is 1.68. The van der Waals surface area contributed by atoms with Gasteiger partial charge in [0.1, 0.15) is 0 Å². The molecule has 100 valence electrons. The quantitative estimate of drug-likeness (QED) is 0.594. The molecule has 1 aromatic rings. The van der Waals surface area contributed by atoms with Gasteiger partial charge in [-0.15, -0.1) is 0 Å². The normalized spacial score (nSPS) is 10.7. The van der Waals surface area contributed by atoms with Gasteiger partial charge in [0.2, 0.25) is 5.95 Å². The second-order valence-corrected chi connectivity index (χ2v) is 4.01. The van der Waals surface area contributed by atoms with Gasteiger partial charge < -0.3 is 10.2 Å². The van der Waals surface area contributed by atoms with Crippen molar-refractivity contribution in [3.8, 4) is 0 Å². The third-order valence-electron chi connectivity index (χ3n) is 2.82. The Morgan fingerprint density at radius 1 is 1.39 bits per heavy atom. The van der Waals surface area contributed by atoms with Gasteiger partial charge in [0.25, 0.3) is 5.91 Å². The summed E-state index contributed by atoms with van der Waals surface area (Å²) in [4.78, 5) is 17.4. The van der Waals surface area contributed by atoms with Gasteiger partial charge in [-0.25, -0.2) is 4.98 Å². The standard InChI is InChI=1S/C13H20FN3O/c1-3-17(4-2)9-5-8-15-13(18)11-6-7-12(14)16-10-11/h6-7,10H,3-5,8-9H2,1-2H3,(H,15,18). The molecule has 1 rings (SSSR count). The van der Waals surface area contributed by atoms with Crippen LogP contribution < -0.4 is 5.32 Å². The van der Waals surface area contributed by atoms with E-state index in [1.54, 1.807) is 0 Å². The predicted molar refractivity (Wildman–Crippen MR) is 68.9 cm³/mol. The van der Waals surface area contributed by atoms with Crippen LogP contribution in [0.4, 0.5) is 4.39 Å². The summed E-state index contributed by atoms with van der Waals surface area (Å²) < 4.78 is 12.6. The van der Waals surface area contributed by atoms with E-state index in [0.29, 0.717) is 12.1 Å². The molecule has 0 bridgehead atoms. The lowest BCUT2D eigenvalue weighted by Gasteiger charge is -2.17. The van der Waals surface area contributed by atoms with E-state index in [-0.39, 0.29) is 5.91 Å². The van der Waals surface area contributed by atoms with E-state index in [0.717, 1.165) is 26.1 Å². The van der Waals surface area contributed by atoms with Crippen LogP contribution in [-0.2, 0) is 0 Å². The highest BCUT2D eigenvalue weighted by molar-refractivity contribution is 5.93. The molecule has 1 amide bonds. The maximum Gasteiger partial charge on any atom is 0.252 e. The fourth-order valence-electron chi connectivity index (χ4n) is 1.66. The van der Waals surface area contributed by atoms with Crippen molar-refractivity contribution in [2.24, 2.45) is 0 Å². The number of amides is 1. The number of pyridine rings is 1. The molecule has 4 nitrogen and oxygen atoms in total. The third-order valence-corrected chi connectivity index (χ3v) is 2.82. The number of aromatic nitrogens is 1. The smallest absolute Gasteiger partial charge is 0.252 e. The molecule has 1 heterocycles. The summed E-state index contributed by atoms with van der Waals surface area (Å²) in [5, 5.41) is 2.79. The summed E-state index contributed by atoms with van der Waals surface area (Å²) in [6.07, 6.45) is 2.15. The minimum absolute atomic E-state index is 0.206. The van der Waals surface area contributed by atoms with Crippen LogP contribution in [0.3, 0.4) is 0 Å². The molecule has 0 aliphatic rings. The van der Waals surface area contributed by atoms with Gasteiger partial charge in [0.05, 0.1) is 5.56 Å². The van der Waals surface area contributed by atoms with Gasteiger partial charge in [0.15, 0.2) is 0 Å². The van der Waals surface area contributed by atoms with E-state index in [2.05, 4.69) is 29.0 Å². The first-order chi connectivity index (χ1) is 8.67. The molecule has 5 heteroatoms. The summed E-state index contributed by atoms with van der Waals surface area (Å²) in [6.45, 7) is 7.86. The Hall–Kier alpha value is -1.49. The molecule has 0 atom stereocenters. The Labute approximate surface area is 107 Å². The van der Waals surface area contributed by atoms with Crippen molar-refractivity contribution < 1.29 is 9.18 Å². The van der Waals surface area contributed by atoms with Crippen LogP contribution in [0.25, 0.3) is 0 Å². The largest absolute Gasteiger partial charge is 0.352 e. The van der Waals surface area contributed by atoms with Gasteiger partial charge >= 0.3 is 0 Å². The topological polar surface area (TPSA) is 45.2 Å². The highest BCUT2D eigenvalue weighted by Crippen LogP contribution is 1.98. The van der Waals surface area contributed by atoms with E-state index in [9.17, 15) is 9.18 Å². The summed E-state index contributed by atoms with van der Waals surface area (Å²) in [7, 11) is 0. The van der Waals surface area contributed by atoms with E-state index in [1.807, 2.05) is 0 Å². The maximum absolute atomic E-state index is 12.6. The van der Waals surface area contributed by atoms with Gasteiger partial charge in [-0.3, -0.25) is 4.79 Å². The maximum atomic E-state index is 12.6. The molecule has 0 unspecified atom stereocenters. The van der Waals surface area contributed by atoms with Crippen LogP contribution in [0.15, 0.2) is 18.3 Å². The molecule has 1 aromatic heterocycles. The fraction of sp³-hybridized carbons (Fsp3) is 0.538. The first-order valence-corrected chi connectivity index (χ1v) is 6.29. The zero-order chi connectivity index (χ0) is 13.4. The highest BCUT2D eigenvalue weighted by Gasteiger charge is 2.05. The number of hydrogen-bond acceptors (Lipinski definition) is 3. The first-order valence-electron chi connectivity index (χ1n) is 6.29. The number of nitrogens with one attached hydrogen (secondary N) is 1. The number of carbonyl (C=O) groups is 1. The van der Waals surface area contributed by atoms with Crippen molar-refractivity contribution in [2.75, 3.05) is 26.2 Å². The summed E-state index contributed by atoms with van der Waals surface area (Å²) in [6, 6.07) is 2.62. The van der Waals surface area contributed by atoms with Gasteiger partial charge in [0, 0.05) is 12.7 Å². The van der Waals surface area contributed by atoms with E-state index in [1.165, 1.54) is 18.3 Å². The van der Waals surface area contributed by atoms with Gasteiger partial charge in [-0.05, 0) is 38.2 Å². The zero-order valence-electron chi connectivity index (χ0n) is 10.9. The summed E-state index contributed by atoms with van der Waals surface area (Å²) in [5.41, 5.74) is 0.388. The van der Waals surface area contributed by atoms with Crippen molar-refractivity contribution >= 4 is 5.91 Å². The van der Waals surface area contributed by atoms with Crippen molar-refractivity contribution in [1.29, 1.82) is 0 Å². The summed E-state index contributed by atoms with van der Waals surface area (Å²) >= 11 is 0. The number of rotatable bonds is 7. The van der Waals surface area contributed by atoms with E-state index in [4.69, 9.17) is 0 Å². The monoisotopic (exact) mass is 253 g/mol. The Morgan fingerprint density at radius 3 is 2.67 bits per heavy atom. The number of hydrogen-bond donors (Lipinski definition) is 1. The van der Waals surface area contributed by atoms with Crippen LogP contribution in [0, 0.1) is 5.95 Å². The van der Waals surface area contributed by atoms with E-state index >= 15 is 0 Å². The van der Waals surface area contributed by atoms with Crippen LogP contribution in [0.1, 0.15) is 30.6 Å². The van der Waals surface area contributed by atoms with Crippen LogP contribution in [0.5, 0.6) is 0 Å². The lowest BCUT2D eigenvalue weighted by Crippen LogP contribution is -2.29. The van der Waals surface area contributed by atoms with Crippen molar-refractivity contribution in [3.05, 3.63) is 29.8 Å². The van der Waals surface area contributed by atoms with Crippen molar-refractivity contribution in [2.45, 2.75) is 20.3 Å². The molecular weight excluding hydrogens is 233 g/mol. The minimum Gasteiger partial charge on any atom is -0.352 e. The second kappa shape index (κ2) is 7.76. The Bertz CT molecular complexity index is 363. The van der Waals surface area contributed by atoms with Crippen LogP contribution in [0.2, 0.25) is 0 Å². The zero-order valence-corrected chi connectivity index (χ0v) is 10.9. The van der Waals surface area contributed by atoms with Gasteiger partial charge in [-0.2, -0.15) is 4.39 Å². The second-order valence-electron chi connectivity index (χ2n) is 4.01. The van der Waals surface area contributed by atoms with Crippen LogP contribution in [-0.4, -0.2) is 42.0 Å². The fourth-order valence-corrected chi connectivity index (χ4v) is 1.66. The van der Waals surface area contributed by atoms with Crippen molar-refractivity contribution in [1.82, 2.24) is 15.2 Å². The summed E-state index contributed by atoms with van der Waals surface area (Å²) in [5.74, 6) is -0.782. The Kier molecular flexibility index (Phi) is 6.28. The SMILES string of the molecule is CCN(CC)CCCNC(=O)c1ccc(F)nc1. The molecule has 0 saturated heterocycles. The molecule has 0 aliphatic carbocycles. The lowest BCUT2D eigenvalue weighted by molar-refractivity contribution is 0.0951. The number of halogens is 1. The van der Waals surface area contributed by atoms with Gasteiger partial charge in [-0.1, -0.05) is 13.8 Å². The molecule has 0 aliphatic heterocycles. The van der Waals surface area contributed by atoms with Crippen molar-refractivity contribution in [3.63, 3.8) is 0 Å². The molecule has 18 heavy (non-hydrogen) atoms. The average Bonchev–Trinajstić information content (AvgIpc) is 2.39. The Morgan fingerprint density at radius 2 is 2.11 bits per heavy atom. The van der Waals surface area contributed by atoms with Crippen LogP contribution >= 0.6 is 0 Å². The Balaban J connectivity index is 2.27. The first kappa shape index (κ1) is 14.6. The molecule has 0 saturated carbocycles. The average molecular weight is 253 g/mol. The third kappa shape index (κ3) is 4.79. The molecule has 1 N–H and O–H groups in total. The molecular formula is C13H20FN3O. The molecule has 0 radical (unpaired) electrons. The minimum atomic E-state index is -0.576. The lowest BCUT2D eigenvalue weighted by atomic mass is 10.2. The number of carbonyl (C=O) groups excluding carboxylic acids is 1. The molecule has 0 aromatic carbocycles. The molecule has 0 spiro atoms. The number of nitrogens with zero attached hydrogens (tertiary/aromatic N) is 2. The molecule has 0 fully saturated rings.